The van der Waals surface area contributed by atoms with Crippen LogP contribution in [-0.4, -0.2) is 46.7 Å². The summed E-state index contributed by atoms with van der Waals surface area (Å²) in [5, 5.41) is 3.91. The molecule has 0 aliphatic carbocycles. The quantitative estimate of drug-likeness (QED) is 0.541. The van der Waals surface area contributed by atoms with Crippen LogP contribution in [-0.2, 0) is 14.8 Å². The summed E-state index contributed by atoms with van der Waals surface area (Å²) in [6.45, 7) is 1.65. The second-order valence-corrected chi connectivity index (χ2v) is 8.14. The van der Waals surface area contributed by atoms with Gasteiger partial charge < -0.3 is 14.2 Å². The lowest BCUT2D eigenvalue weighted by Crippen LogP contribution is -2.46. The van der Waals surface area contributed by atoms with E-state index >= 15 is 0 Å². The predicted octanol–water partition coefficient (Wildman–Crippen LogP) is 1.73. The lowest BCUT2D eigenvalue weighted by Gasteiger charge is -2.27. The molecule has 0 saturated carbocycles. The van der Waals surface area contributed by atoms with Crippen LogP contribution in [0.15, 0.2) is 47.6 Å². The second-order valence-electron chi connectivity index (χ2n) is 6.28. The third-order valence-corrected chi connectivity index (χ3v) is 5.44. The molecule has 1 N–H and O–H groups in total. The lowest BCUT2D eigenvalue weighted by atomic mass is 10.2. The normalized spacial score (nSPS) is 13.9. The van der Waals surface area contributed by atoms with Crippen LogP contribution in [0.4, 0.5) is 5.69 Å². The zero-order valence-electron chi connectivity index (χ0n) is 16.2. The summed E-state index contributed by atoms with van der Waals surface area (Å²) in [6.07, 6.45) is 2.47. The molecule has 9 nitrogen and oxygen atoms in total. The van der Waals surface area contributed by atoms with Gasteiger partial charge in [-0.15, -0.1) is 0 Å². The van der Waals surface area contributed by atoms with Gasteiger partial charge >= 0.3 is 0 Å². The van der Waals surface area contributed by atoms with Crippen LogP contribution in [0.2, 0.25) is 0 Å². The Bertz CT molecular complexity index is 1020. The second kappa shape index (κ2) is 8.39. The number of carbonyl (C=O) groups is 1. The molecule has 0 aromatic heterocycles. The molecule has 3 rings (SSSR count). The number of hydrazone groups is 1. The van der Waals surface area contributed by atoms with Crippen molar-refractivity contribution >= 4 is 27.8 Å². The first-order valence-electron chi connectivity index (χ1n) is 8.65. The lowest BCUT2D eigenvalue weighted by molar-refractivity contribution is -0.121. The van der Waals surface area contributed by atoms with Crippen LogP contribution < -0.4 is 23.9 Å². The molecule has 2 aromatic carbocycles. The summed E-state index contributed by atoms with van der Waals surface area (Å²) in [4.78, 5) is 12.5. The molecular formula is C19H21N3O6S. The van der Waals surface area contributed by atoms with E-state index in [-0.39, 0.29) is 6.79 Å². The van der Waals surface area contributed by atoms with E-state index in [1.165, 1.54) is 20.2 Å². The van der Waals surface area contributed by atoms with Crippen molar-refractivity contribution in [3.63, 3.8) is 0 Å². The number of ether oxygens (including phenoxy) is 3. The fourth-order valence-corrected chi connectivity index (χ4v) is 3.97. The zero-order valence-corrected chi connectivity index (χ0v) is 17.0. The van der Waals surface area contributed by atoms with Crippen molar-refractivity contribution in [3.05, 3.63) is 48.0 Å². The molecule has 1 amide bonds. The monoisotopic (exact) mass is 419 g/mol. The number of methoxy groups -OCH3 is 1. The molecule has 1 aliphatic heterocycles. The Morgan fingerprint density at radius 3 is 2.55 bits per heavy atom. The van der Waals surface area contributed by atoms with Gasteiger partial charge in [0.05, 0.1) is 25.3 Å². The van der Waals surface area contributed by atoms with Crippen molar-refractivity contribution in [1.29, 1.82) is 0 Å². The SMILES string of the molecule is COc1ccc(N([C@H](C)C(=O)N/N=C\c2ccc3c(c2)OCO3)S(C)(=O)=O)cc1. The molecule has 10 heteroatoms. The average Bonchev–Trinajstić information content (AvgIpc) is 3.15. The Labute approximate surface area is 168 Å². The maximum Gasteiger partial charge on any atom is 0.263 e. The number of carbonyl (C=O) groups excluding carboxylic acids is 1. The van der Waals surface area contributed by atoms with E-state index in [0.717, 1.165) is 10.6 Å². The molecule has 154 valence electrons. The van der Waals surface area contributed by atoms with E-state index < -0.39 is 22.0 Å². The van der Waals surface area contributed by atoms with Crippen molar-refractivity contribution in [2.45, 2.75) is 13.0 Å². The minimum atomic E-state index is -3.72. The number of nitrogens with one attached hydrogen (secondary N) is 1. The molecule has 0 spiro atoms. The highest BCUT2D eigenvalue weighted by atomic mass is 32.2. The molecule has 1 heterocycles. The number of sulfonamides is 1. The van der Waals surface area contributed by atoms with E-state index in [0.29, 0.717) is 28.5 Å². The number of anilines is 1. The number of fused-ring (bicyclic) bond motifs is 1. The van der Waals surface area contributed by atoms with Gasteiger partial charge in [0.2, 0.25) is 16.8 Å². The van der Waals surface area contributed by atoms with Crippen molar-refractivity contribution in [1.82, 2.24) is 5.43 Å². The molecule has 29 heavy (non-hydrogen) atoms. The minimum absolute atomic E-state index is 0.164. The van der Waals surface area contributed by atoms with Crippen LogP contribution in [0, 0.1) is 0 Å². The van der Waals surface area contributed by atoms with E-state index in [4.69, 9.17) is 14.2 Å². The largest absolute Gasteiger partial charge is 0.497 e. The minimum Gasteiger partial charge on any atom is -0.497 e. The van der Waals surface area contributed by atoms with Gasteiger partial charge in [-0.2, -0.15) is 5.10 Å². The van der Waals surface area contributed by atoms with E-state index in [9.17, 15) is 13.2 Å². The number of benzene rings is 2. The Hall–Kier alpha value is -3.27. The summed E-state index contributed by atoms with van der Waals surface area (Å²) in [7, 11) is -2.20. The van der Waals surface area contributed by atoms with Crippen molar-refractivity contribution in [3.8, 4) is 17.2 Å². The first-order chi connectivity index (χ1) is 13.8. The van der Waals surface area contributed by atoms with Crippen molar-refractivity contribution in [2.75, 3.05) is 24.5 Å². The Morgan fingerprint density at radius 1 is 1.21 bits per heavy atom. The molecule has 2 aromatic rings. The van der Waals surface area contributed by atoms with E-state index in [2.05, 4.69) is 10.5 Å². The molecule has 1 atom stereocenters. The van der Waals surface area contributed by atoms with Gasteiger partial charge in [0.1, 0.15) is 11.8 Å². The highest BCUT2D eigenvalue weighted by Crippen LogP contribution is 2.32. The number of rotatable bonds is 7. The van der Waals surface area contributed by atoms with Gasteiger partial charge in [0.15, 0.2) is 11.5 Å². The molecule has 0 unspecified atom stereocenters. The fourth-order valence-electron chi connectivity index (χ4n) is 2.80. The number of hydrogen-bond donors (Lipinski definition) is 1. The molecule has 0 radical (unpaired) electrons. The first kappa shape index (κ1) is 20.5. The number of amides is 1. The van der Waals surface area contributed by atoms with Crippen LogP contribution in [0.5, 0.6) is 17.2 Å². The fraction of sp³-hybridized carbons (Fsp3) is 0.263. The maximum absolute atomic E-state index is 12.5. The number of hydrogen-bond acceptors (Lipinski definition) is 7. The molecule has 1 aliphatic rings. The highest BCUT2D eigenvalue weighted by molar-refractivity contribution is 7.92. The van der Waals surface area contributed by atoms with Gasteiger partial charge in [-0.05, 0) is 55.0 Å². The molecule has 0 saturated heterocycles. The molecule has 0 bridgehead atoms. The molecule has 0 fully saturated rings. The third-order valence-electron chi connectivity index (χ3n) is 4.20. The maximum atomic E-state index is 12.5. The topological polar surface area (TPSA) is 107 Å². The standard InChI is InChI=1S/C19H21N3O6S/c1-13(22(29(3,24)25)15-5-7-16(26-2)8-6-15)19(23)21-20-11-14-4-9-17-18(10-14)28-12-27-17/h4-11,13H,12H2,1-3H3,(H,21,23)/b20-11-/t13-/m1/s1. The van der Waals surface area contributed by atoms with Crippen LogP contribution in [0.25, 0.3) is 0 Å². The average molecular weight is 419 g/mol. The van der Waals surface area contributed by atoms with Gasteiger partial charge in [-0.25, -0.2) is 13.8 Å². The number of nitrogens with zero attached hydrogens (tertiary/aromatic N) is 2. The summed E-state index contributed by atoms with van der Waals surface area (Å²) in [5.41, 5.74) is 3.41. The zero-order chi connectivity index (χ0) is 21.0. The first-order valence-corrected chi connectivity index (χ1v) is 10.5. The summed E-state index contributed by atoms with van der Waals surface area (Å²) < 4.78 is 41.2. The summed E-state index contributed by atoms with van der Waals surface area (Å²) in [5.74, 6) is 1.23. The van der Waals surface area contributed by atoms with Crippen LogP contribution in [0.1, 0.15) is 12.5 Å². The van der Waals surface area contributed by atoms with Gasteiger partial charge in [0.25, 0.3) is 5.91 Å². The Balaban J connectivity index is 1.72. The van der Waals surface area contributed by atoms with E-state index in [1.807, 2.05) is 0 Å². The van der Waals surface area contributed by atoms with Crippen molar-refractivity contribution in [2.24, 2.45) is 5.10 Å². The smallest absolute Gasteiger partial charge is 0.263 e. The van der Waals surface area contributed by atoms with Crippen molar-refractivity contribution < 1.29 is 27.4 Å². The highest BCUT2D eigenvalue weighted by Gasteiger charge is 2.29. The summed E-state index contributed by atoms with van der Waals surface area (Å²) >= 11 is 0. The van der Waals surface area contributed by atoms with Gasteiger partial charge in [-0.3, -0.25) is 9.10 Å². The Kier molecular flexibility index (Phi) is 5.92. The van der Waals surface area contributed by atoms with Gasteiger partial charge in [-0.1, -0.05) is 0 Å². The molecular weight excluding hydrogens is 398 g/mol. The Morgan fingerprint density at radius 2 is 1.90 bits per heavy atom. The third kappa shape index (κ3) is 4.77. The van der Waals surface area contributed by atoms with Crippen LogP contribution in [0.3, 0.4) is 0 Å². The summed E-state index contributed by atoms with van der Waals surface area (Å²) in [6, 6.07) is 10.6. The van der Waals surface area contributed by atoms with Gasteiger partial charge in [0, 0.05) is 0 Å². The van der Waals surface area contributed by atoms with E-state index in [1.54, 1.807) is 42.5 Å². The van der Waals surface area contributed by atoms with Crippen LogP contribution >= 0.6 is 0 Å². The predicted molar refractivity (Wildman–Crippen MR) is 108 cm³/mol.